The van der Waals surface area contributed by atoms with Crippen molar-refractivity contribution in [3.63, 3.8) is 0 Å². The van der Waals surface area contributed by atoms with Crippen molar-refractivity contribution in [1.82, 2.24) is 9.80 Å². The van der Waals surface area contributed by atoms with Crippen LogP contribution in [0.25, 0.3) is 0 Å². The lowest BCUT2D eigenvalue weighted by Gasteiger charge is -2.42. The van der Waals surface area contributed by atoms with Crippen molar-refractivity contribution in [1.29, 1.82) is 0 Å². The predicted molar refractivity (Wildman–Crippen MR) is 48.9 cm³/mol. The Morgan fingerprint density at radius 3 is 2.00 bits per heavy atom. The zero-order chi connectivity index (χ0) is 9.30. The summed E-state index contributed by atoms with van der Waals surface area (Å²) in [7, 11) is 2.10. The summed E-state index contributed by atoms with van der Waals surface area (Å²) in [5.41, 5.74) is 0. The Labute approximate surface area is 74.3 Å². The van der Waals surface area contributed by atoms with Gasteiger partial charge in [0, 0.05) is 32.1 Å². The summed E-state index contributed by atoms with van der Waals surface area (Å²) >= 11 is 0. The summed E-state index contributed by atoms with van der Waals surface area (Å²) in [5, 5.41) is 0. The summed E-state index contributed by atoms with van der Waals surface area (Å²) in [4.78, 5) is 15.5. The number of amides is 1. The van der Waals surface area contributed by atoms with Crippen molar-refractivity contribution in [2.75, 3.05) is 20.1 Å². The number of carbonyl (C=O) groups excluding carboxylic acids is 1. The van der Waals surface area contributed by atoms with Crippen LogP contribution < -0.4 is 0 Å². The highest BCUT2D eigenvalue weighted by molar-refractivity contribution is 5.74. The van der Waals surface area contributed by atoms with Crippen molar-refractivity contribution in [3.8, 4) is 0 Å². The van der Waals surface area contributed by atoms with Gasteiger partial charge in [-0.1, -0.05) is 0 Å². The number of nitrogens with zero attached hydrogens (tertiary/aromatic N) is 2. The molecule has 3 heteroatoms. The first kappa shape index (κ1) is 9.52. The van der Waals surface area contributed by atoms with Crippen LogP contribution in [-0.2, 0) is 4.79 Å². The molecule has 0 aromatic carbocycles. The molecule has 0 aromatic heterocycles. The molecule has 12 heavy (non-hydrogen) atoms. The Morgan fingerprint density at radius 2 is 1.67 bits per heavy atom. The first-order chi connectivity index (χ1) is 5.52. The molecular weight excluding hydrogens is 152 g/mol. The quantitative estimate of drug-likeness (QED) is 0.530. The fraction of sp³-hybridized carbons (Fsp3) is 0.889. The Bertz CT molecular complexity index is 169. The lowest BCUT2D eigenvalue weighted by atomic mass is 10.1. The molecule has 3 nitrogen and oxygen atoms in total. The fourth-order valence-corrected chi connectivity index (χ4v) is 2.21. The summed E-state index contributed by atoms with van der Waals surface area (Å²) in [6.07, 6.45) is 0. The Balaban J connectivity index is 2.66. The minimum Gasteiger partial charge on any atom is -0.335 e. The topological polar surface area (TPSA) is 23.6 Å². The van der Waals surface area contributed by atoms with Crippen LogP contribution in [0.2, 0.25) is 0 Å². The maximum Gasteiger partial charge on any atom is 0.220 e. The van der Waals surface area contributed by atoms with Crippen molar-refractivity contribution in [2.24, 2.45) is 0 Å². The van der Waals surface area contributed by atoms with Crippen LogP contribution in [0.15, 0.2) is 0 Å². The summed E-state index contributed by atoms with van der Waals surface area (Å²) < 4.78 is 0. The molecule has 0 saturated carbocycles. The molecule has 0 N–H and O–H groups in total. The molecule has 0 aliphatic carbocycles. The van der Waals surface area contributed by atoms with Gasteiger partial charge in [-0.05, 0) is 20.9 Å². The molecule has 0 radical (unpaired) electrons. The van der Waals surface area contributed by atoms with E-state index in [9.17, 15) is 4.79 Å². The molecule has 1 amide bonds. The Morgan fingerprint density at radius 1 is 1.25 bits per heavy atom. The van der Waals surface area contributed by atoms with E-state index in [4.69, 9.17) is 0 Å². The van der Waals surface area contributed by atoms with Crippen molar-refractivity contribution in [3.05, 3.63) is 0 Å². The summed E-state index contributed by atoms with van der Waals surface area (Å²) in [6.45, 7) is 7.84. The number of hydrogen-bond donors (Lipinski definition) is 0. The minimum atomic E-state index is 0.197. The van der Waals surface area contributed by atoms with E-state index in [0.29, 0.717) is 12.1 Å². The number of rotatable bonds is 0. The van der Waals surface area contributed by atoms with Crippen LogP contribution >= 0.6 is 0 Å². The molecule has 0 unspecified atom stereocenters. The van der Waals surface area contributed by atoms with E-state index in [1.165, 1.54) is 0 Å². The van der Waals surface area contributed by atoms with Gasteiger partial charge in [0.1, 0.15) is 0 Å². The zero-order valence-electron chi connectivity index (χ0n) is 8.37. The van der Waals surface area contributed by atoms with Crippen LogP contribution in [0.1, 0.15) is 20.8 Å². The van der Waals surface area contributed by atoms with Crippen molar-refractivity contribution in [2.45, 2.75) is 32.9 Å². The maximum atomic E-state index is 11.2. The normalized spacial score (nSPS) is 32.2. The minimum absolute atomic E-state index is 0.197. The van der Waals surface area contributed by atoms with Crippen LogP contribution in [-0.4, -0.2) is 47.9 Å². The fourth-order valence-electron chi connectivity index (χ4n) is 2.21. The SMILES string of the molecule is CC(=O)N1[C@H](C)CN(C)C[C@H]1C. The first-order valence-electron chi connectivity index (χ1n) is 4.49. The molecule has 1 aliphatic rings. The molecule has 0 bridgehead atoms. The van der Waals surface area contributed by atoms with E-state index in [2.05, 4.69) is 25.8 Å². The molecule has 0 spiro atoms. The Kier molecular flexibility index (Phi) is 2.73. The second-order valence-electron chi connectivity index (χ2n) is 3.85. The van der Waals surface area contributed by atoms with Gasteiger partial charge in [0.25, 0.3) is 0 Å². The highest BCUT2D eigenvalue weighted by Crippen LogP contribution is 2.13. The lowest BCUT2D eigenvalue weighted by Crippen LogP contribution is -2.56. The third-order valence-electron chi connectivity index (χ3n) is 2.47. The van der Waals surface area contributed by atoms with Gasteiger partial charge in [-0.25, -0.2) is 0 Å². The maximum absolute atomic E-state index is 11.2. The molecule has 1 rings (SSSR count). The van der Waals surface area contributed by atoms with Crippen molar-refractivity contribution < 1.29 is 4.79 Å². The first-order valence-corrected chi connectivity index (χ1v) is 4.49. The number of piperazine rings is 1. The average Bonchev–Trinajstić information content (AvgIpc) is 1.82. The standard InChI is InChI=1S/C9H18N2O/c1-7-5-10(4)6-8(2)11(7)9(3)12/h7-8H,5-6H2,1-4H3/t7-,8-/m1/s1. The third-order valence-corrected chi connectivity index (χ3v) is 2.47. The average molecular weight is 170 g/mol. The summed E-state index contributed by atoms with van der Waals surface area (Å²) in [6, 6.07) is 0.715. The molecule has 2 atom stereocenters. The third kappa shape index (κ3) is 1.78. The van der Waals surface area contributed by atoms with E-state index in [-0.39, 0.29) is 5.91 Å². The van der Waals surface area contributed by atoms with Crippen LogP contribution in [0.5, 0.6) is 0 Å². The van der Waals surface area contributed by atoms with Gasteiger partial charge >= 0.3 is 0 Å². The highest BCUT2D eigenvalue weighted by atomic mass is 16.2. The smallest absolute Gasteiger partial charge is 0.220 e. The molecule has 1 saturated heterocycles. The van der Waals surface area contributed by atoms with E-state index in [1.807, 2.05) is 4.90 Å². The molecule has 1 heterocycles. The van der Waals surface area contributed by atoms with Gasteiger partial charge in [-0.15, -0.1) is 0 Å². The largest absolute Gasteiger partial charge is 0.335 e. The van der Waals surface area contributed by atoms with Gasteiger partial charge in [0.15, 0.2) is 0 Å². The van der Waals surface area contributed by atoms with Gasteiger partial charge in [-0.2, -0.15) is 0 Å². The summed E-state index contributed by atoms with van der Waals surface area (Å²) in [5.74, 6) is 0.197. The second kappa shape index (κ2) is 3.44. The number of hydrogen-bond acceptors (Lipinski definition) is 2. The highest BCUT2D eigenvalue weighted by Gasteiger charge is 2.28. The molecule has 0 aromatic rings. The van der Waals surface area contributed by atoms with E-state index >= 15 is 0 Å². The monoisotopic (exact) mass is 170 g/mol. The Hall–Kier alpha value is -0.570. The van der Waals surface area contributed by atoms with Crippen LogP contribution in [0.3, 0.4) is 0 Å². The van der Waals surface area contributed by atoms with Crippen LogP contribution in [0.4, 0.5) is 0 Å². The lowest BCUT2D eigenvalue weighted by molar-refractivity contribution is -0.136. The van der Waals surface area contributed by atoms with E-state index in [1.54, 1.807) is 6.92 Å². The van der Waals surface area contributed by atoms with Gasteiger partial charge < -0.3 is 9.80 Å². The van der Waals surface area contributed by atoms with Gasteiger partial charge in [0.05, 0.1) is 0 Å². The molecule has 1 aliphatic heterocycles. The van der Waals surface area contributed by atoms with Crippen molar-refractivity contribution >= 4 is 5.91 Å². The van der Waals surface area contributed by atoms with E-state index in [0.717, 1.165) is 13.1 Å². The molecule has 70 valence electrons. The zero-order valence-corrected chi connectivity index (χ0v) is 8.37. The van der Waals surface area contributed by atoms with Gasteiger partial charge in [-0.3, -0.25) is 4.79 Å². The second-order valence-corrected chi connectivity index (χ2v) is 3.85. The van der Waals surface area contributed by atoms with Gasteiger partial charge in [0.2, 0.25) is 5.91 Å². The van der Waals surface area contributed by atoms with Crippen LogP contribution in [0, 0.1) is 0 Å². The molecule has 1 fully saturated rings. The van der Waals surface area contributed by atoms with E-state index < -0.39 is 0 Å². The number of carbonyl (C=O) groups is 1. The number of likely N-dealkylation sites (N-methyl/N-ethyl adjacent to an activating group) is 1. The predicted octanol–water partition coefficient (Wildman–Crippen LogP) is 0.557. The molecular formula is C9H18N2O.